The van der Waals surface area contributed by atoms with Crippen molar-refractivity contribution in [3.8, 4) is 0 Å². The highest BCUT2D eigenvalue weighted by Gasteiger charge is 2.34. The van der Waals surface area contributed by atoms with E-state index in [1.807, 2.05) is 48.9 Å². The van der Waals surface area contributed by atoms with Gasteiger partial charge in [-0.3, -0.25) is 0 Å². The number of thioether (sulfide) groups is 1. The van der Waals surface area contributed by atoms with Gasteiger partial charge >= 0.3 is 0 Å². The summed E-state index contributed by atoms with van der Waals surface area (Å²) in [5.74, 6) is 0. The Morgan fingerprint density at radius 2 is 1.93 bits per heavy atom. The third-order valence-corrected chi connectivity index (χ3v) is 6.33. The fourth-order valence-corrected chi connectivity index (χ4v) is 4.96. The zero-order chi connectivity index (χ0) is 18.8. The van der Waals surface area contributed by atoms with Gasteiger partial charge in [0, 0.05) is 33.9 Å². The van der Waals surface area contributed by atoms with Crippen LogP contribution in [-0.2, 0) is 11.3 Å². The molecular formula is C21H18Cl2N2OS. The molecular weight excluding hydrogens is 399 g/mol. The van der Waals surface area contributed by atoms with Crippen LogP contribution >= 0.6 is 35.0 Å². The fraction of sp³-hybridized carbons (Fsp3) is 0.190. The zero-order valence-corrected chi connectivity index (χ0v) is 16.8. The predicted octanol–water partition coefficient (Wildman–Crippen LogP) is 6.14. The number of nitrogens with zero attached hydrogens (tertiary/aromatic N) is 2. The van der Waals surface area contributed by atoms with Crippen molar-refractivity contribution in [2.24, 2.45) is 0 Å². The molecule has 3 aromatic rings. The first-order chi connectivity index (χ1) is 13.1. The standard InChI is InChI=1S/C21H18Cl2N2OS/c1-14(15-2-4-16(22)5-3-15)12-26-21-18-7-6-17(23)10-19(18)27-20(21)11-25-9-8-24-13-25/h2-10,13,20-21H,1,11-12H2. The molecule has 1 aliphatic heterocycles. The minimum Gasteiger partial charge on any atom is -0.368 e. The van der Waals surface area contributed by atoms with Crippen LogP contribution in [0, 0.1) is 0 Å². The molecule has 2 aromatic carbocycles. The van der Waals surface area contributed by atoms with E-state index in [0.717, 1.165) is 22.7 Å². The van der Waals surface area contributed by atoms with Gasteiger partial charge in [0.2, 0.25) is 0 Å². The maximum absolute atomic E-state index is 6.35. The summed E-state index contributed by atoms with van der Waals surface area (Å²) in [4.78, 5) is 5.32. The van der Waals surface area contributed by atoms with Crippen LogP contribution < -0.4 is 0 Å². The van der Waals surface area contributed by atoms with Crippen LogP contribution in [-0.4, -0.2) is 21.4 Å². The smallest absolute Gasteiger partial charge is 0.0979 e. The molecule has 2 heterocycles. The van der Waals surface area contributed by atoms with Crippen molar-refractivity contribution in [3.63, 3.8) is 0 Å². The Hall–Kier alpha value is -1.72. The van der Waals surface area contributed by atoms with Gasteiger partial charge in [-0.1, -0.05) is 48.0 Å². The summed E-state index contributed by atoms with van der Waals surface area (Å²) >= 11 is 14.0. The van der Waals surface area contributed by atoms with E-state index in [0.29, 0.717) is 11.6 Å². The third kappa shape index (κ3) is 4.25. The summed E-state index contributed by atoms with van der Waals surface area (Å²) in [5, 5.41) is 1.70. The van der Waals surface area contributed by atoms with Gasteiger partial charge in [-0.15, -0.1) is 11.8 Å². The normalized spacial score (nSPS) is 18.4. The van der Waals surface area contributed by atoms with Crippen molar-refractivity contribution in [2.75, 3.05) is 6.61 Å². The molecule has 0 fully saturated rings. The van der Waals surface area contributed by atoms with Gasteiger partial charge in [-0.2, -0.15) is 0 Å². The largest absolute Gasteiger partial charge is 0.368 e. The first-order valence-corrected chi connectivity index (χ1v) is 10.2. The molecule has 6 heteroatoms. The molecule has 27 heavy (non-hydrogen) atoms. The van der Waals surface area contributed by atoms with Crippen LogP contribution in [0.2, 0.25) is 10.0 Å². The summed E-state index contributed by atoms with van der Waals surface area (Å²) in [6.45, 7) is 5.44. The van der Waals surface area contributed by atoms with Crippen LogP contribution in [0.1, 0.15) is 17.2 Å². The highest BCUT2D eigenvalue weighted by atomic mass is 35.5. The summed E-state index contributed by atoms with van der Waals surface area (Å²) in [6.07, 6.45) is 5.57. The number of imidazole rings is 1. The highest BCUT2D eigenvalue weighted by Crippen LogP contribution is 2.47. The quantitative estimate of drug-likeness (QED) is 0.482. The Morgan fingerprint density at radius 1 is 1.15 bits per heavy atom. The zero-order valence-electron chi connectivity index (χ0n) is 14.5. The van der Waals surface area contributed by atoms with Crippen molar-refractivity contribution in [1.82, 2.24) is 9.55 Å². The maximum atomic E-state index is 6.35. The first kappa shape index (κ1) is 18.6. The van der Waals surface area contributed by atoms with Crippen LogP contribution in [0.15, 0.2) is 72.7 Å². The van der Waals surface area contributed by atoms with Gasteiger partial charge in [0.15, 0.2) is 0 Å². The van der Waals surface area contributed by atoms with Gasteiger partial charge < -0.3 is 9.30 Å². The Bertz CT molecular complexity index is 941. The SMILES string of the molecule is C=C(COC1c2ccc(Cl)cc2SC1Cn1ccnc1)c1ccc(Cl)cc1. The van der Waals surface area contributed by atoms with E-state index in [1.54, 1.807) is 18.0 Å². The Morgan fingerprint density at radius 3 is 2.67 bits per heavy atom. The van der Waals surface area contributed by atoms with E-state index in [9.17, 15) is 0 Å². The van der Waals surface area contributed by atoms with Crippen molar-refractivity contribution in [3.05, 3.63) is 88.9 Å². The minimum absolute atomic E-state index is 0.0336. The molecule has 0 spiro atoms. The molecule has 2 unspecified atom stereocenters. The summed E-state index contributed by atoms with van der Waals surface area (Å²) in [5.41, 5.74) is 3.14. The lowest BCUT2D eigenvalue weighted by Gasteiger charge is -2.21. The van der Waals surface area contributed by atoms with Crippen LogP contribution in [0.4, 0.5) is 0 Å². The van der Waals surface area contributed by atoms with Gasteiger partial charge in [0.1, 0.15) is 0 Å². The monoisotopic (exact) mass is 416 g/mol. The lowest BCUT2D eigenvalue weighted by atomic mass is 10.1. The lowest BCUT2D eigenvalue weighted by molar-refractivity contribution is 0.0742. The molecule has 0 saturated carbocycles. The lowest BCUT2D eigenvalue weighted by Crippen LogP contribution is -2.20. The Kier molecular flexibility index (Phi) is 5.60. The fourth-order valence-electron chi connectivity index (χ4n) is 3.16. The average molecular weight is 417 g/mol. The molecule has 2 atom stereocenters. The van der Waals surface area contributed by atoms with E-state index < -0.39 is 0 Å². The Balaban J connectivity index is 1.51. The maximum Gasteiger partial charge on any atom is 0.0979 e. The van der Waals surface area contributed by atoms with E-state index in [1.165, 1.54) is 10.5 Å². The summed E-state index contributed by atoms with van der Waals surface area (Å²) in [6, 6.07) is 13.7. The highest BCUT2D eigenvalue weighted by molar-refractivity contribution is 8.00. The Labute approximate surface area is 173 Å². The predicted molar refractivity (Wildman–Crippen MR) is 113 cm³/mol. The number of aromatic nitrogens is 2. The molecule has 1 aromatic heterocycles. The molecule has 0 aliphatic carbocycles. The number of hydrogen-bond donors (Lipinski definition) is 0. The molecule has 0 N–H and O–H groups in total. The number of rotatable bonds is 6. The second-order valence-corrected chi connectivity index (χ2v) is 8.59. The van der Waals surface area contributed by atoms with Gasteiger partial charge in [0.25, 0.3) is 0 Å². The average Bonchev–Trinajstić information content (AvgIpc) is 3.28. The van der Waals surface area contributed by atoms with Crippen molar-refractivity contribution in [1.29, 1.82) is 0 Å². The molecule has 0 radical (unpaired) electrons. The van der Waals surface area contributed by atoms with Crippen LogP contribution in [0.25, 0.3) is 5.57 Å². The van der Waals surface area contributed by atoms with Crippen LogP contribution in [0.3, 0.4) is 0 Å². The number of halogens is 2. The first-order valence-electron chi connectivity index (χ1n) is 8.57. The molecule has 0 saturated heterocycles. The van der Waals surface area contributed by atoms with Crippen LogP contribution in [0.5, 0.6) is 0 Å². The topological polar surface area (TPSA) is 27.1 Å². The number of hydrogen-bond acceptors (Lipinski definition) is 3. The molecule has 1 aliphatic rings. The van der Waals surface area contributed by atoms with Gasteiger partial charge in [0.05, 0.1) is 24.3 Å². The molecule has 3 nitrogen and oxygen atoms in total. The van der Waals surface area contributed by atoms with E-state index in [4.69, 9.17) is 27.9 Å². The van der Waals surface area contributed by atoms with E-state index in [-0.39, 0.29) is 11.4 Å². The van der Waals surface area contributed by atoms with E-state index >= 15 is 0 Å². The number of fused-ring (bicyclic) bond motifs is 1. The molecule has 138 valence electrons. The summed E-state index contributed by atoms with van der Waals surface area (Å²) in [7, 11) is 0. The third-order valence-electron chi connectivity index (χ3n) is 4.54. The molecule has 4 rings (SSSR count). The van der Waals surface area contributed by atoms with Crippen molar-refractivity contribution in [2.45, 2.75) is 22.8 Å². The van der Waals surface area contributed by atoms with Gasteiger partial charge in [-0.25, -0.2) is 4.98 Å². The molecule has 0 amide bonds. The summed E-state index contributed by atoms with van der Waals surface area (Å²) < 4.78 is 8.43. The van der Waals surface area contributed by atoms with E-state index in [2.05, 4.69) is 22.2 Å². The van der Waals surface area contributed by atoms with Crippen molar-refractivity contribution < 1.29 is 4.74 Å². The number of ether oxygens (including phenoxy) is 1. The van der Waals surface area contributed by atoms with Crippen molar-refractivity contribution >= 4 is 40.5 Å². The minimum atomic E-state index is -0.0336. The second-order valence-electron chi connectivity index (χ2n) is 6.44. The van der Waals surface area contributed by atoms with Gasteiger partial charge in [-0.05, 0) is 41.0 Å². The second kappa shape index (κ2) is 8.11. The number of benzene rings is 2. The molecule has 0 bridgehead atoms.